The minimum Gasteiger partial charge on any atom is -0.317 e. The van der Waals surface area contributed by atoms with Crippen LogP contribution < -0.4 is 5.32 Å². The number of piperidine rings is 1. The van der Waals surface area contributed by atoms with E-state index in [2.05, 4.69) is 5.32 Å². The first kappa shape index (κ1) is 11.5. The van der Waals surface area contributed by atoms with Crippen molar-refractivity contribution in [3.63, 3.8) is 0 Å². The second kappa shape index (κ2) is 5.37. The van der Waals surface area contributed by atoms with E-state index in [4.69, 9.17) is 0 Å². The molecule has 0 aliphatic carbocycles. The Balaban J connectivity index is 2.29. The highest BCUT2D eigenvalue weighted by Crippen LogP contribution is 2.19. The third kappa shape index (κ3) is 2.39. The Labute approximate surface area is 97.9 Å². The van der Waals surface area contributed by atoms with E-state index in [1.165, 1.54) is 6.07 Å². The van der Waals surface area contributed by atoms with Gasteiger partial charge in [-0.05, 0) is 37.9 Å². The second-order valence-electron chi connectivity index (χ2n) is 3.95. The van der Waals surface area contributed by atoms with Crippen LogP contribution in [0, 0.1) is 11.7 Å². The smallest absolute Gasteiger partial charge is 0.131 e. The molecule has 0 bridgehead atoms. The van der Waals surface area contributed by atoms with E-state index in [-0.39, 0.29) is 11.7 Å². The molecule has 1 saturated heterocycles. The molecule has 0 radical (unpaired) electrons. The summed E-state index contributed by atoms with van der Waals surface area (Å²) in [5, 5.41) is 3.24. The number of rotatable bonds is 2. The summed E-state index contributed by atoms with van der Waals surface area (Å²) in [7, 11) is 0. The molecule has 86 valence electrons. The number of halogens is 1. The lowest BCUT2D eigenvalue weighted by molar-refractivity contribution is 0.459. The molecule has 1 aromatic carbocycles. The molecule has 4 heteroatoms. The average molecular weight is 239 g/mol. The summed E-state index contributed by atoms with van der Waals surface area (Å²) in [6, 6.07) is 6.52. The summed E-state index contributed by atoms with van der Waals surface area (Å²) in [5.74, 6) is -0.0833. The molecule has 0 atom stereocenters. The minimum absolute atomic E-state index is 0.209. The lowest BCUT2D eigenvalue weighted by Crippen LogP contribution is -2.32. The third-order valence-electron chi connectivity index (χ3n) is 2.94. The van der Waals surface area contributed by atoms with E-state index in [1.807, 2.05) is 0 Å². The third-order valence-corrected chi connectivity index (χ3v) is 3.67. The molecule has 1 aliphatic rings. The normalized spacial score (nSPS) is 17.1. The maximum Gasteiger partial charge on any atom is 0.131 e. The predicted octanol–water partition coefficient (Wildman–Crippen LogP) is 1.56. The van der Waals surface area contributed by atoms with Crippen molar-refractivity contribution in [1.82, 2.24) is 5.32 Å². The average Bonchev–Trinajstić information content (AvgIpc) is 2.34. The van der Waals surface area contributed by atoms with Crippen LogP contribution in [-0.2, 0) is 11.3 Å². The molecular weight excluding hydrogens is 225 g/mol. The Hall–Kier alpha value is -1.00. The Kier molecular flexibility index (Phi) is 3.85. The highest BCUT2D eigenvalue weighted by molar-refractivity contribution is 7.67. The largest absolute Gasteiger partial charge is 0.317 e. The summed E-state index contributed by atoms with van der Waals surface area (Å²) in [6.45, 7) is 1.81. The maximum absolute atomic E-state index is 13.6. The monoisotopic (exact) mass is 239 g/mol. The number of hydrogen-bond donors (Lipinski definition) is 1. The summed E-state index contributed by atoms with van der Waals surface area (Å²) in [5.41, 5.74) is 0.481. The minimum atomic E-state index is -0.292. The molecule has 16 heavy (non-hydrogen) atoms. The standard InChI is InChI=1S/C12H14FNOS/c13-11-4-2-1-3-10(11)12(16-15)9-5-7-14-8-6-9/h1-4,9,14H,5-8H2. The highest BCUT2D eigenvalue weighted by atomic mass is 32.1. The first-order valence-electron chi connectivity index (χ1n) is 5.45. The molecule has 0 spiro atoms. The van der Waals surface area contributed by atoms with Gasteiger partial charge in [0, 0.05) is 5.56 Å². The zero-order valence-electron chi connectivity index (χ0n) is 8.91. The molecule has 2 rings (SSSR count). The predicted molar refractivity (Wildman–Crippen MR) is 64.2 cm³/mol. The van der Waals surface area contributed by atoms with Crippen LogP contribution in [0.4, 0.5) is 4.39 Å². The van der Waals surface area contributed by atoms with Crippen molar-refractivity contribution in [2.75, 3.05) is 13.1 Å². The highest BCUT2D eigenvalue weighted by Gasteiger charge is 2.21. The van der Waals surface area contributed by atoms with Crippen LogP contribution in [0.2, 0.25) is 0 Å². The van der Waals surface area contributed by atoms with Gasteiger partial charge in [0.25, 0.3) is 0 Å². The topological polar surface area (TPSA) is 29.1 Å². The van der Waals surface area contributed by atoms with Gasteiger partial charge in [-0.1, -0.05) is 18.2 Å². The van der Waals surface area contributed by atoms with Crippen LogP contribution in [-0.4, -0.2) is 22.2 Å². The van der Waals surface area contributed by atoms with Gasteiger partial charge in [-0.25, -0.2) is 8.60 Å². The van der Waals surface area contributed by atoms with E-state index in [0.29, 0.717) is 21.7 Å². The van der Waals surface area contributed by atoms with Crippen molar-refractivity contribution in [3.8, 4) is 0 Å². The molecule has 1 aliphatic heterocycles. The van der Waals surface area contributed by atoms with Gasteiger partial charge in [-0.15, -0.1) is 0 Å². The fraction of sp³-hybridized carbons (Fsp3) is 0.417. The van der Waals surface area contributed by atoms with Crippen LogP contribution in [0.3, 0.4) is 0 Å². The van der Waals surface area contributed by atoms with Gasteiger partial charge in [-0.2, -0.15) is 0 Å². The van der Waals surface area contributed by atoms with Crippen LogP contribution >= 0.6 is 0 Å². The first-order chi connectivity index (χ1) is 7.83. The van der Waals surface area contributed by atoms with Crippen molar-refractivity contribution >= 4 is 16.1 Å². The molecule has 1 heterocycles. The van der Waals surface area contributed by atoms with Gasteiger partial charge in [0.1, 0.15) is 5.82 Å². The summed E-state index contributed by atoms with van der Waals surface area (Å²) < 4.78 is 24.8. The summed E-state index contributed by atoms with van der Waals surface area (Å²) in [4.78, 5) is 0.652. The Morgan fingerprint density at radius 1 is 1.31 bits per heavy atom. The van der Waals surface area contributed by atoms with E-state index < -0.39 is 0 Å². The summed E-state index contributed by atoms with van der Waals surface area (Å²) >= 11 is 0.443. The molecule has 0 aromatic heterocycles. The van der Waals surface area contributed by atoms with Gasteiger partial charge < -0.3 is 5.32 Å². The Morgan fingerprint density at radius 2 is 2.00 bits per heavy atom. The SMILES string of the molecule is O=S=C(c1ccccc1F)C1CCNCC1. The van der Waals surface area contributed by atoms with Crippen LogP contribution in [0.1, 0.15) is 18.4 Å². The zero-order valence-corrected chi connectivity index (χ0v) is 9.73. The Bertz CT molecular complexity index is 423. The van der Waals surface area contributed by atoms with E-state index >= 15 is 0 Å². The van der Waals surface area contributed by atoms with Gasteiger partial charge in [0.15, 0.2) is 0 Å². The van der Waals surface area contributed by atoms with Crippen molar-refractivity contribution in [2.24, 2.45) is 5.92 Å². The second-order valence-corrected chi connectivity index (χ2v) is 4.56. The molecule has 0 saturated carbocycles. The van der Waals surface area contributed by atoms with Gasteiger partial charge in [-0.3, -0.25) is 0 Å². The van der Waals surface area contributed by atoms with E-state index in [9.17, 15) is 8.60 Å². The van der Waals surface area contributed by atoms with E-state index in [1.54, 1.807) is 18.2 Å². The van der Waals surface area contributed by atoms with E-state index in [0.717, 1.165) is 25.9 Å². The van der Waals surface area contributed by atoms with Crippen LogP contribution in [0.5, 0.6) is 0 Å². The molecule has 1 aromatic rings. The van der Waals surface area contributed by atoms with Gasteiger partial charge in [0.05, 0.1) is 16.1 Å². The van der Waals surface area contributed by atoms with Crippen molar-refractivity contribution in [1.29, 1.82) is 0 Å². The lowest BCUT2D eigenvalue weighted by Gasteiger charge is -2.23. The summed E-state index contributed by atoms with van der Waals surface area (Å²) in [6.07, 6.45) is 1.83. The number of benzene rings is 1. The molecule has 0 amide bonds. The van der Waals surface area contributed by atoms with Crippen molar-refractivity contribution in [3.05, 3.63) is 35.6 Å². The maximum atomic E-state index is 13.6. The zero-order chi connectivity index (χ0) is 11.4. The van der Waals surface area contributed by atoms with Gasteiger partial charge in [0.2, 0.25) is 0 Å². The van der Waals surface area contributed by atoms with Crippen LogP contribution in [0.15, 0.2) is 24.3 Å². The number of hydrogen-bond acceptors (Lipinski definition) is 2. The van der Waals surface area contributed by atoms with Crippen LogP contribution in [0.25, 0.3) is 0 Å². The van der Waals surface area contributed by atoms with Crippen molar-refractivity contribution < 1.29 is 8.60 Å². The van der Waals surface area contributed by atoms with Crippen molar-refractivity contribution in [2.45, 2.75) is 12.8 Å². The fourth-order valence-corrected chi connectivity index (χ4v) is 2.71. The molecule has 2 nitrogen and oxygen atoms in total. The lowest BCUT2D eigenvalue weighted by atomic mass is 9.90. The molecule has 1 N–H and O–H groups in total. The Morgan fingerprint density at radius 3 is 2.62 bits per heavy atom. The number of nitrogens with one attached hydrogen (secondary N) is 1. The molecular formula is C12H14FNOS. The van der Waals surface area contributed by atoms with Gasteiger partial charge >= 0.3 is 0 Å². The first-order valence-corrected chi connectivity index (χ1v) is 6.19. The molecule has 1 fully saturated rings. The quantitative estimate of drug-likeness (QED) is 0.627. The fourth-order valence-electron chi connectivity index (χ4n) is 2.08. The molecule has 0 unspecified atom stereocenters.